The fourth-order valence-corrected chi connectivity index (χ4v) is 2.55. The van der Waals surface area contributed by atoms with Gasteiger partial charge in [0.1, 0.15) is 5.76 Å². The van der Waals surface area contributed by atoms with E-state index in [1.807, 2.05) is 0 Å². The SMILES string of the molecule is Cc1cc(NC(=O)CN(C(C)C)S(C)(=O)=O)no1. The summed E-state index contributed by atoms with van der Waals surface area (Å²) in [5.74, 6) is 0.381. The second kappa shape index (κ2) is 5.49. The fraction of sp³-hybridized carbons (Fsp3) is 0.600. The molecule has 0 aromatic carbocycles. The number of anilines is 1. The summed E-state index contributed by atoms with van der Waals surface area (Å²) in [4.78, 5) is 11.7. The molecule has 0 aliphatic carbocycles. The fourth-order valence-electron chi connectivity index (χ4n) is 1.43. The standard InChI is InChI=1S/C10H17N3O4S/c1-7(2)13(18(4,15)16)6-10(14)11-9-5-8(3)17-12-9/h5,7H,6H2,1-4H3,(H,11,12,14). The Bertz CT molecular complexity index is 521. The Morgan fingerprint density at radius 2 is 2.17 bits per heavy atom. The zero-order valence-corrected chi connectivity index (χ0v) is 11.6. The average Bonchev–Trinajstić information content (AvgIpc) is 2.58. The van der Waals surface area contributed by atoms with E-state index < -0.39 is 15.9 Å². The van der Waals surface area contributed by atoms with Crippen LogP contribution in [-0.4, -0.2) is 42.6 Å². The van der Waals surface area contributed by atoms with Crippen molar-refractivity contribution in [3.8, 4) is 0 Å². The van der Waals surface area contributed by atoms with Crippen LogP contribution in [0.2, 0.25) is 0 Å². The molecule has 0 unspecified atom stereocenters. The summed E-state index contributed by atoms with van der Waals surface area (Å²) < 4.78 is 28.8. The molecule has 0 spiro atoms. The van der Waals surface area contributed by atoms with Crippen LogP contribution in [0.5, 0.6) is 0 Å². The number of amides is 1. The molecule has 0 fully saturated rings. The Kier molecular flexibility index (Phi) is 4.47. The molecule has 0 aliphatic heterocycles. The van der Waals surface area contributed by atoms with E-state index in [4.69, 9.17) is 4.52 Å². The summed E-state index contributed by atoms with van der Waals surface area (Å²) in [5, 5.41) is 6.07. The zero-order valence-electron chi connectivity index (χ0n) is 10.8. The minimum Gasteiger partial charge on any atom is -0.360 e. The van der Waals surface area contributed by atoms with E-state index in [0.717, 1.165) is 10.6 Å². The molecule has 102 valence electrons. The maximum absolute atomic E-state index is 11.7. The molecule has 0 saturated heterocycles. The van der Waals surface area contributed by atoms with Gasteiger partial charge in [-0.25, -0.2) is 8.42 Å². The van der Waals surface area contributed by atoms with Crippen LogP contribution in [0.4, 0.5) is 5.82 Å². The summed E-state index contributed by atoms with van der Waals surface area (Å²) in [6.45, 7) is 4.85. The molecule has 0 radical (unpaired) electrons. The van der Waals surface area contributed by atoms with Gasteiger partial charge in [0, 0.05) is 12.1 Å². The molecule has 1 heterocycles. The van der Waals surface area contributed by atoms with Crippen molar-refractivity contribution < 1.29 is 17.7 Å². The van der Waals surface area contributed by atoms with Gasteiger partial charge in [0.15, 0.2) is 5.82 Å². The molecule has 1 amide bonds. The van der Waals surface area contributed by atoms with Crippen LogP contribution in [0.25, 0.3) is 0 Å². The first-order valence-electron chi connectivity index (χ1n) is 5.40. The van der Waals surface area contributed by atoms with E-state index in [-0.39, 0.29) is 18.4 Å². The summed E-state index contributed by atoms with van der Waals surface area (Å²) in [7, 11) is -3.42. The van der Waals surface area contributed by atoms with E-state index in [1.54, 1.807) is 26.8 Å². The lowest BCUT2D eigenvalue weighted by Crippen LogP contribution is -2.41. The molecule has 1 aromatic rings. The summed E-state index contributed by atoms with van der Waals surface area (Å²) >= 11 is 0. The van der Waals surface area contributed by atoms with E-state index in [2.05, 4.69) is 10.5 Å². The van der Waals surface area contributed by atoms with E-state index in [9.17, 15) is 13.2 Å². The van der Waals surface area contributed by atoms with Gasteiger partial charge in [-0.15, -0.1) is 0 Å². The molecule has 1 rings (SSSR count). The van der Waals surface area contributed by atoms with Crippen molar-refractivity contribution in [1.29, 1.82) is 0 Å². The van der Waals surface area contributed by atoms with Gasteiger partial charge in [-0.3, -0.25) is 4.79 Å². The highest BCUT2D eigenvalue weighted by atomic mass is 32.2. The van der Waals surface area contributed by atoms with Crippen molar-refractivity contribution in [3.63, 3.8) is 0 Å². The molecule has 0 aliphatic rings. The van der Waals surface area contributed by atoms with Gasteiger partial charge in [-0.1, -0.05) is 5.16 Å². The van der Waals surface area contributed by atoms with Crippen molar-refractivity contribution in [3.05, 3.63) is 11.8 Å². The van der Waals surface area contributed by atoms with Crippen LogP contribution in [0.1, 0.15) is 19.6 Å². The van der Waals surface area contributed by atoms with Crippen molar-refractivity contribution >= 4 is 21.7 Å². The predicted molar refractivity (Wildman–Crippen MR) is 66.6 cm³/mol. The number of rotatable bonds is 5. The first-order valence-corrected chi connectivity index (χ1v) is 7.25. The Morgan fingerprint density at radius 3 is 2.56 bits per heavy atom. The molecule has 18 heavy (non-hydrogen) atoms. The normalized spacial score (nSPS) is 12.1. The van der Waals surface area contributed by atoms with Crippen molar-refractivity contribution in [1.82, 2.24) is 9.46 Å². The van der Waals surface area contributed by atoms with Gasteiger partial charge in [0.2, 0.25) is 15.9 Å². The Morgan fingerprint density at radius 1 is 1.56 bits per heavy atom. The minimum absolute atomic E-state index is 0.248. The highest BCUT2D eigenvalue weighted by Gasteiger charge is 2.23. The van der Waals surface area contributed by atoms with Gasteiger partial charge >= 0.3 is 0 Å². The monoisotopic (exact) mass is 275 g/mol. The number of nitrogens with zero attached hydrogens (tertiary/aromatic N) is 2. The van der Waals surface area contributed by atoms with Crippen molar-refractivity contribution in [2.24, 2.45) is 0 Å². The lowest BCUT2D eigenvalue weighted by atomic mass is 10.4. The van der Waals surface area contributed by atoms with Gasteiger partial charge < -0.3 is 9.84 Å². The average molecular weight is 275 g/mol. The number of hydrogen-bond donors (Lipinski definition) is 1. The lowest BCUT2D eigenvalue weighted by molar-refractivity contribution is -0.116. The molecular formula is C10H17N3O4S. The Balaban J connectivity index is 2.68. The molecule has 0 bridgehead atoms. The van der Waals surface area contributed by atoms with Gasteiger partial charge in [0.25, 0.3) is 0 Å². The molecule has 8 heteroatoms. The van der Waals surface area contributed by atoms with Crippen molar-refractivity contribution in [2.45, 2.75) is 26.8 Å². The van der Waals surface area contributed by atoms with E-state index >= 15 is 0 Å². The largest absolute Gasteiger partial charge is 0.360 e. The predicted octanol–water partition coefficient (Wildman–Crippen LogP) is 0.592. The van der Waals surface area contributed by atoms with Crippen LogP contribution >= 0.6 is 0 Å². The maximum Gasteiger partial charge on any atom is 0.240 e. The third-order valence-corrected chi connectivity index (χ3v) is 3.60. The number of sulfonamides is 1. The molecule has 0 saturated carbocycles. The summed E-state index contributed by atoms with van der Waals surface area (Å²) in [6, 6.07) is 1.27. The number of aromatic nitrogens is 1. The van der Waals surface area contributed by atoms with E-state index in [1.165, 1.54) is 0 Å². The molecule has 7 nitrogen and oxygen atoms in total. The molecule has 0 atom stereocenters. The lowest BCUT2D eigenvalue weighted by Gasteiger charge is -2.22. The smallest absolute Gasteiger partial charge is 0.240 e. The second-order valence-corrected chi connectivity index (χ2v) is 6.21. The van der Waals surface area contributed by atoms with Gasteiger partial charge in [-0.05, 0) is 20.8 Å². The first kappa shape index (κ1) is 14.7. The van der Waals surface area contributed by atoms with Crippen LogP contribution in [0.15, 0.2) is 10.6 Å². The number of carbonyl (C=O) groups is 1. The van der Waals surface area contributed by atoms with Gasteiger partial charge in [-0.2, -0.15) is 4.31 Å². The maximum atomic E-state index is 11.7. The number of carbonyl (C=O) groups excluding carboxylic acids is 1. The third kappa shape index (κ3) is 4.11. The number of nitrogens with one attached hydrogen (secondary N) is 1. The Labute approximate surface area is 106 Å². The molecule has 1 N–H and O–H groups in total. The summed E-state index contributed by atoms with van der Waals surface area (Å²) in [5.41, 5.74) is 0. The van der Waals surface area contributed by atoms with Crippen LogP contribution in [0, 0.1) is 6.92 Å². The van der Waals surface area contributed by atoms with Crippen LogP contribution in [-0.2, 0) is 14.8 Å². The first-order chi connectivity index (χ1) is 8.20. The van der Waals surface area contributed by atoms with Crippen molar-refractivity contribution in [2.75, 3.05) is 18.1 Å². The second-order valence-electron chi connectivity index (χ2n) is 4.27. The topological polar surface area (TPSA) is 92.5 Å². The van der Waals surface area contributed by atoms with Gasteiger partial charge in [0.05, 0.1) is 12.8 Å². The quantitative estimate of drug-likeness (QED) is 0.849. The highest BCUT2D eigenvalue weighted by Crippen LogP contribution is 2.09. The molecular weight excluding hydrogens is 258 g/mol. The highest BCUT2D eigenvalue weighted by molar-refractivity contribution is 7.88. The van der Waals surface area contributed by atoms with Crippen LogP contribution < -0.4 is 5.32 Å². The van der Waals surface area contributed by atoms with E-state index in [0.29, 0.717) is 5.76 Å². The minimum atomic E-state index is -3.42. The third-order valence-electron chi connectivity index (χ3n) is 2.20. The zero-order chi connectivity index (χ0) is 13.9. The van der Waals surface area contributed by atoms with Crippen LogP contribution in [0.3, 0.4) is 0 Å². The summed E-state index contributed by atoms with van der Waals surface area (Å²) in [6.07, 6.45) is 1.07. The Hall–Kier alpha value is -1.41. The molecule has 1 aromatic heterocycles. The number of hydrogen-bond acceptors (Lipinski definition) is 5. The number of aryl methyl sites for hydroxylation is 1.